The topological polar surface area (TPSA) is 67.4 Å². The Labute approximate surface area is 214 Å². The molecule has 1 aliphatic heterocycles. The molecule has 2 aromatic rings. The number of guanidine groups is 1. The molecule has 8 heteroatoms. The van der Waals surface area contributed by atoms with Crippen LogP contribution in [0.5, 0.6) is 17.2 Å². The predicted molar refractivity (Wildman–Crippen MR) is 146 cm³/mol. The maximum atomic E-state index is 5.40. The number of benzene rings is 2. The minimum absolute atomic E-state index is 0. The quantitative estimate of drug-likeness (QED) is 0.262. The first-order valence-corrected chi connectivity index (χ1v) is 11.3. The van der Waals surface area contributed by atoms with Gasteiger partial charge in [-0.3, -0.25) is 9.89 Å². The molecule has 0 unspecified atom stereocenters. The van der Waals surface area contributed by atoms with E-state index in [-0.39, 0.29) is 24.0 Å². The van der Waals surface area contributed by atoms with Crippen LogP contribution in [-0.2, 0) is 6.54 Å². The summed E-state index contributed by atoms with van der Waals surface area (Å²) >= 11 is 0. The van der Waals surface area contributed by atoms with Gasteiger partial charge < -0.3 is 24.8 Å². The van der Waals surface area contributed by atoms with Gasteiger partial charge in [0, 0.05) is 31.4 Å². The summed E-state index contributed by atoms with van der Waals surface area (Å²) in [5.74, 6) is 3.70. The van der Waals surface area contributed by atoms with Crippen molar-refractivity contribution >= 4 is 35.6 Å². The van der Waals surface area contributed by atoms with Crippen molar-refractivity contribution in [2.45, 2.75) is 26.3 Å². The van der Waals surface area contributed by atoms with E-state index in [4.69, 9.17) is 19.2 Å². The molecule has 1 saturated heterocycles. The van der Waals surface area contributed by atoms with Crippen LogP contribution in [0.25, 0.3) is 0 Å². The van der Waals surface area contributed by atoms with Crippen molar-refractivity contribution < 1.29 is 14.2 Å². The summed E-state index contributed by atoms with van der Waals surface area (Å²) in [6, 6.07) is 14.1. The Bertz CT molecular complexity index is 868. The summed E-state index contributed by atoms with van der Waals surface area (Å²) in [5.41, 5.74) is 2.24. The fraction of sp³-hybridized carbons (Fsp3) is 0.480. The maximum absolute atomic E-state index is 5.40. The highest BCUT2D eigenvalue weighted by atomic mass is 127. The zero-order valence-corrected chi connectivity index (χ0v) is 22.4. The van der Waals surface area contributed by atoms with E-state index in [9.17, 15) is 0 Å². The lowest BCUT2D eigenvalue weighted by atomic mass is 9.96. The highest BCUT2D eigenvalue weighted by Crippen LogP contribution is 2.29. The number of ether oxygens (including phenoxy) is 3. The third kappa shape index (κ3) is 8.26. The maximum Gasteiger partial charge on any atom is 0.195 e. The molecule has 1 aliphatic rings. The molecule has 1 heterocycles. The summed E-state index contributed by atoms with van der Waals surface area (Å²) in [5, 5.41) is 6.71. The third-order valence-corrected chi connectivity index (χ3v) is 5.77. The Balaban J connectivity index is 0.00000385. The molecule has 33 heavy (non-hydrogen) atoms. The van der Waals surface area contributed by atoms with Gasteiger partial charge >= 0.3 is 0 Å². The molecule has 0 radical (unpaired) electrons. The van der Waals surface area contributed by atoms with Crippen LogP contribution in [0.3, 0.4) is 0 Å². The van der Waals surface area contributed by atoms with Crippen molar-refractivity contribution in [1.82, 2.24) is 10.2 Å². The molecule has 2 aromatic carbocycles. The summed E-state index contributed by atoms with van der Waals surface area (Å²) in [6.07, 6.45) is 2.32. The zero-order chi connectivity index (χ0) is 22.8. The van der Waals surface area contributed by atoms with Gasteiger partial charge in [-0.1, -0.05) is 12.1 Å². The van der Waals surface area contributed by atoms with Crippen LogP contribution in [0.4, 0.5) is 5.69 Å². The summed E-state index contributed by atoms with van der Waals surface area (Å²) in [6.45, 7) is 6.89. The van der Waals surface area contributed by atoms with E-state index in [0.717, 1.165) is 63.0 Å². The van der Waals surface area contributed by atoms with Gasteiger partial charge in [0.05, 0.1) is 21.3 Å². The molecular formula is C25H37IN4O3. The van der Waals surface area contributed by atoms with Gasteiger partial charge in [0.25, 0.3) is 0 Å². The fourth-order valence-corrected chi connectivity index (χ4v) is 3.89. The number of aliphatic imine (C=N–C) groups is 1. The molecule has 0 amide bonds. The number of halogens is 1. The van der Waals surface area contributed by atoms with Gasteiger partial charge in [-0.25, -0.2) is 0 Å². The third-order valence-electron chi connectivity index (χ3n) is 5.77. The van der Waals surface area contributed by atoms with Crippen LogP contribution in [0, 0.1) is 5.92 Å². The molecule has 1 fully saturated rings. The predicted octanol–water partition coefficient (Wildman–Crippen LogP) is 4.62. The standard InChI is InChI=1S/C25H36N4O3.HI/c1-5-26-25(28-21-8-11-23(31-3)24(16-21)32-4)27-17-19-12-14-29(15-13-19)18-20-6-9-22(30-2)10-7-20;/h6-11,16,19H,5,12-15,17-18H2,1-4H3,(H2,26,27,28);1H. The molecule has 0 aliphatic carbocycles. The molecule has 2 N–H and O–H groups in total. The first-order chi connectivity index (χ1) is 15.6. The lowest BCUT2D eigenvalue weighted by Crippen LogP contribution is -2.35. The van der Waals surface area contributed by atoms with Gasteiger partial charge in [-0.05, 0) is 68.6 Å². The minimum Gasteiger partial charge on any atom is -0.497 e. The van der Waals surface area contributed by atoms with Gasteiger partial charge in [-0.2, -0.15) is 0 Å². The van der Waals surface area contributed by atoms with Gasteiger partial charge in [0.1, 0.15) is 5.75 Å². The van der Waals surface area contributed by atoms with E-state index < -0.39 is 0 Å². The first kappa shape index (κ1) is 27.0. The number of likely N-dealkylation sites (tertiary alicyclic amines) is 1. The van der Waals surface area contributed by atoms with Crippen LogP contribution in [-0.4, -0.2) is 58.4 Å². The van der Waals surface area contributed by atoms with Crippen LogP contribution in [0.1, 0.15) is 25.3 Å². The molecule has 0 saturated carbocycles. The largest absolute Gasteiger partial charge is 0.497 e. The number of piperidine rings is 1. The van der Waals surface area contributed by atoms with Crippen LogP contribution in [0.2, 0.25) is 0 Å². The zero-order valence-electron chi connectivity index (χ0n) is 20.1. The molecule has 3 rings (SSSR count). The van der Waals surface area contributed by atoms with Crippen LogP contribution in [0.15, 0.2) is 47.5 Å². The molecule has 182 valence electrons. The molecule has 0 aromatic heterocycles. The van der Waals surface area contributed by atoms with E-state index in [1.54, 1.807) is 21.3 Å². The number of nitrogens with one attached hydrogen (secondary N) is 2. The van der Waals surface area contributed by atoms with Crippen molar-refractivity contribution in [3.63, 3.8) is 0 Å². The Morgan fingerprint density at radius 1 is 0.970 bits per heavy atom. The SMILES string of the molecule is CCNC(=NCC1CCN(Cc2ccc(OC)cc2)CC1)Nc1ccc(OC)c(OC)c1.I. The smallest absolute Gasteiger partial charge is 0.195 e. The van der Waals surface area contributed by atoms with Crippen LogP contribution < -0.4 is 24.8 Å². The van der Waals surface area contributed by atoms with E-state index in [2.05, 4.69) is 34.6 Å². The number of anilines is 1. The second-order valence-electron chi connectivity index (χ2n) is 7.98. The molecule has 0 bridgehead atoms. The Hall–Kier alpha value is -2.20. The number of hydrogen-bond acceptors (Lipinski definition) is 5. The van der Waals surface area contributed by atoms with E-state index in [1.165, 1.54) is 5.56 Å². The Kier molecular flexibility index (Phi) is 11.6. The molecule has 7 nitrogen and oxygen atoms in total. The fourth-order valence-electron chi connectivity index (χ4n) is 3.89. The van der Waals surface area contributed by atoms with E-state index in [1.807, 2.05) is 30.3 Å². The van der Waals surface area contributed by atoms with E-state index in [0.29, 0.717) is 17.4 Å². The minimum atomic E-state index is 0. The normalized spacial score (nSPS) is 14.8. The second kappa shape index (κ2) is 14.1. The molecule has 0 spiro atoms. The average molecular weight is 569 g/mol. The Morgan fingerprint density at radius 3 is 2.27 bits per heavy atom. The van der Waals surface area contributed by atoms with Crippen molar-refractivity contribution in [3.05, 3.63) is 48.0 Å². The summed E-state index contributed by atoms with van der Waals surface area (Å²) in [7, 11) is 4.98. The van der Waals surface area contributed by atoms with Gasteiger partial charge in [0.15, 0.2) is 17.5 Å². The second-order valence-corrected chi connectivity index (χ2v) is 7.98. The van der Waals surface area contributed by atoms with Gasteiger partial charge in [-0.15, -0.1) is 24.0 Å². The van der Waals surface area contributed by atoms with E-state index >= 15 is 0 Å². The van der Waals surface area contributed by atoms with Crippen molar-refractivity contribution in [1.29, 1.82) is 0 Å². The van der Waals surface area contributed by atoms with Gasteiger partial charge in [0.2, 0.25) is 0 Å². The van der Waals surface area contributed by atoms with Crippen LogP contribution >= 0.6 is 24.0 Å². The monoisotopic (exact) mass is 568 g/mol. The number of methoxy groups -OCH3 is 3. The molecular weight excluding hydrogens is 531 g/mol. The summed E-state index contributed by atoms with van der Waals surface area (Å²) in [4.78, 5) is 7.37. The van der Waals surface area contributed by atoms with Crippen molar-refractivity contribution in [3.8, 4) is 17.2 Å². The summed E-state index contributed by atoms with van der Waals surface area (Å²) < 4.78 is 16.0. The van der Waals surface area contributed by atoms with Crippen molar-refractivity contribution in [2.75, 3.05) is 52.8 Å². The number of rotatable bonds is 9. The highest BCUT2D eigenvalue weighted by Gasteiger charge is 2.19. The number of hydrogen-bond donors (Lipinski definition) is 2. The lowest BCUT2D eigenvalue weighted by Gasteiger charge is -2.31. The highest BCUT2D eigenvalue weighted by molar-refractivity contribution is 14.0. The molecule has 0 atom stereocenters. The number of nitrogens with zero attached hydrogens (tertiary/aromatic N) is 2. The first-order valence-electron chi connectivity index (χ1n) is 11.3. The Morgan fingerprint density at radius 2 is 1.67 bits per heavy atom. The average Bonchev–Trinajstić information content (AvgIpc) is 2.84. The van der Waals surface area contributed by atoms with Crippen molar-refractivity contribution in [2.24, 2.45) is 10.9 Å². The lowest BCUT2D eigenvalue weighted by molar-refractivity contribution is 0.180.